The Morgan fingerprint density at radius 3 is 2.92 bits per heavy atom. The lowest BCUT2D eigenvalue weighted by Crippen LogP contribution is -2.27. The summed E-state index contributed by atoms with van der Waals surface area (Å²) in [6.45, 7) is 2.31. The lowest BCUT2D eigenvalue weighted by Gasteiger charge is -2.11. The predicted octanol–water partition coefficient (Wildman–Crippen LogP) is 2.21. The quantitative estimate of drug-likeness (QED) is 0.691. The highest BCUT2D eigenvalue weighted by Gasteiger charge is 2.20. The number of carbonyl (C=O) groups is 1. The molecule has 0 radical (unpaired) electrons. The van der Waals surface area contributed by atoms with Crippen LogP contribution in [0, 0.1) is 0 Å². The fourth-order valence-corrected chi connectivity index (χ4v) is 3.11. The first-order valence-corrected chi connectivity index (χ1v) is 8.31. The zero-order chi connectivity index (χ0) is 16.9. The summed E-state index contributed by atoms with van der Waals surface area (Å²) in [5.74, 6) is 1.41. The van der Waals surface area contributed by atoms with E-state index in [4.69, 9.17) is 4.42 Å². The molecule has 0 fully saturated rings. The molecule has 3 aromatic rings. The van der Waals surface area contributed by atoms with Gasteiger partial charge in [0.1, 0.15) is 5.76 Å². The van der Waals surface area contributed by atoms with E-state index >= 15 is 0 Å². The van der Waals surface area contributed by atoms with Crippen LogP contribution in [0.1, 0.15) is 12.7 Å². The van der Waals surface area contributed by atoms with E-state index in [0.29, 0.717) is 17.5 Å². The monoisotopic (exact) mass is 343 g/mol. The molecule has 8 heteroatoms. The highest BCUT2D eigenvalue weighted by molar-refractivity contribution is 8.00. The van der Waals surface area contributed by atoms with Crippen LogP contribution in [0.4, 0.5) is 0 Å². The van der Waals surface area contributed by atoms with E-state index in [0.717, 1.165) is 11.3 Å². The number of pyridine rings is 1. The standard InChI is InChI=1S/C16H17N5O2S/c1-11(15(22)17-2)24-16-20-19-14(12-5-3-7-18-9-12)21(16)10-13-6-4-8-23-13/h3-9,11H,10H2,1-2H3,(H,17,22)/t11-/m1/s1. The van der Waals surface area contributed by atoms with E-state index in [9.17, 15) is 4.79 Å². The molecule has 1 atom stereocenters. The number of carbonyl (C=O) groups excluding carboxylic acids is 1. The van der Waals surface area contributed by atoms with Crippen LogP contribution in [0.15, 0.2) is 52.5 Å². The van der Waals surface area contributed by atoms with Crippen molar-refractivity contribution in [2.75, 3.05) is 7.05 Å². The third-order valence-corrected chi connectivity index (χ3v) is 4.51. The average molecular weight is 343 g/mol. The van der Waals surface area contributed by atoms with Gasteiger partial charge in [-0.15, -0.1) is 10.2 Å². The maximum Gasteiger partial charge on any atom is 0.233 e. The van der Waals surface area contributed by atoms with Crippen molar-refractivity contribution in [3.8, 4) is 11.4 Å². The Morgan fingerprint density at radius 2 is 2.25 bits per heavy atom. The first-order chi connectivity index (χ1) is 11.7. The lowest BCUT2D eigenvalue weighted by atomic mass is 10.2. The first kappa shape index (κ1) is 16.3. The molecule has 7 nitrogen and oxygen atoms in total. The SMILES string of the molecule is CNC(=O)[C@@H](C)Sc1nnc(-c2cccnc2)n1Cc1ccco1. The molecule has 0 aliphatic heterocycles. The number of amides is 1. The molecule has 0 saturated heterocycles. The van der Waals surface area contributed by atoms with Crippen molar-refractivity contribution in [1.29, 1.82) is 0 Å². The minimum Gasteiger partial charge on any atom is -0.467 e. The third kappa shape index (κ3) is 3.48. The topological polar surface area (TPSA) is 85.8 Å². The molecule has 0 bridgehead atoms. The summed E-state index contributed by atoms with van der Waals surface area (Å²) in [7, 11) is 1.62. The summed E-state index contributed by atoms with van der Waals surface area (Å²) >= 11 is 1.36. The van der Waals surface area contributed by atoms with E-state index < -0.39 is 0 Å². The Balaban J connectivity index is 1.96. The Bertz CT molecular complexity index is 801. The maximum atomic E-state index is 11.8. The van der Waals surface area contributed by atoms with Gasteiger partial charge in [0.05, 0.1) is 18.1 Å². The molecule has 3 heterocycles. The van der Waals surface area contributed by atoms with Crippen molar-refractivity contribution in [3.05, 3.63) is 48.7 Å². The molecular formula is C16H17N5O2S. The summed E-state index contributed by atoms with van der Waals surface area (Å²) in [5, 5.41) is 11.6. The second-order valence-corrected chi connectivity index (χ2v) is 6.40. The zero-order valence-electron chi connectivity index (χ0n) is 13.3. The highest BCUT2D eigenvalue weighted by Crippen LogP contribution is 2.27. The first-order valence-electron chi connectivity index (χ1n) is 7.43. The van der Waals surface area contributed by atoms with Crippen molar-refractivity contribution < 1.29 is 9.21 Å². The van der Waals surface area contributed by atoms with Crippen LogP contribution in [0.2, 0.25) is 0 Å². The number of thioether (sulfide) groups is 1. The molecule has 124 valence electrons. The molecular weight excluding hydrogens is 326 g/mol. The highest BCUT2D eigenvalue weighted by atomic mass is 32.2. The van der Waals surface area contributed by atoms with Crippen LogP contribution < -0.4 is 5.32 Å². The summed E-state index contributed by atoms with van der Waals surface area (Å²) in [6, 6.07) is 7.50. The molecule has 3 rings (SSSR count). The van der Waals surface area contributed by atoms with Gasteiger partial charge in [-0.1, -0.05) is 11.8 Å². The molecule has 0 aliphatic carbocycles. The summed E-state index contributed by atoms with van der Waals surface area (Å²) in [4.78, 5) is 15.9. The molecule has 1 amide bonds. The van der Waals surface area contributed by atoms with Crippen molar-refractivity contribution >= 4 is 17.7 Å². The van der Waals surface area contributed by atoms with Gasteiger partial charge in [-0.3, -0.25) is 14.3 Å². The number of rotatable bonds is 6. The lowest BCUT2D eigenvalue weighted by molar-refractivity contribution is -0.119. The predicted molar refractivity (Wildman–Crippen MR) is 90.4 cm³/mol. The van der Waals surface area contributed by atoms with E-state index in [-0.39, 0.29) is 11.2 Å². The number of nitrogens with zero attached hydrogens (tertiary/aromatic N) is 4. The number of hydrogen-bond donors (Lipinski definition) is 1. The molecule has 0 spiro atoms. The number of nitrogens with one attached hydrogen (secondary N) is 1. The van der Waals surface area contributed by atoms with E-state index in [1.54, 1.807) is 25.7 Å². The van der Waals surface area contributed by atoms with Gasteiger partial charge in [-0.2, -0.15) is 0 Å². The van der Waals surface area contributed by atoms with Gasteiger partial charge < -0.3 is 9.73 Å². The second-order valence-electron chi connectivity index (χ2n) is 5.09. The van der Waals surface area contributed by atoms with Gasteiger partial charge in [0.2, 0.25) is 5.91 Å². The molecule has 24 heavy (non-hydrogen) atoms. The minimum absolute atomic E-state index is 0.0597. The normalized spacial score (nSPS) is 12.1. The molecule has 1 N–H and O–H groups in total. The second kappa shape index (κ2) is 7.31. The van der Waals surface area contributed by atoms with E-state index in [1.165, 1.54) is 11.8 Å². The van der Waals surface area contributed by atoms with Crippen molar-refractivity contribution in [3.63, 3.8) is 0 Å². The van der Waals surface area contributed by atoms with Gasteiger partial charge in [-0.05, 0) is 31.2 Å². The summed E-state index contributed by atoms with van der Waals surface area (Å²) in [6.07, 6.45) is 5.07. The number of aromatic nitrogens is 4. The number of hydrogen-bond acceptors (Lipinski definition) is 6. The summed E-state index contributed by atoms with van der Waals surface area (Å²) < 4.78 is 7.38. The molecule has 0 unspecified atom stereocenters. The van der Waals surface area contributed by atoms with Crippen molar-refractivity contribution in [2.24, 2.45) is 0 Å². The van der Waals surface area contributed by atoms with Gasteiger partial charge in [0, 0.05) is 25.0 Å². The van der Waals surface area contributed by atoms with E-state index in [2.05, 4.69) is 20.5 Å². The largest absolute Gasteiger partial charge is 0.467 e. The average Bonchev–Trinajstić information content (AvgIpc) is 3.26. The van der Waals surface area contributed by atoms with Crippen LogP contribution in [0.25, 0.3) is 11.4 Å². The van der Waals surface area contributed by atoms with Gasteiger partial charge in [-0.25, -0.2) is 0 Å². The molecule has 3 aromatic heterocycles. The van der Waals surface area contributed by atoms with Crippen molar-refractivity contribution in [2.45, 2.75) is 23.9 Å². The minimum atomic E-state index is -0.281. The summed E-state index contributed by atoms with van der Waals surface area (Å²) in [5.41, 5.74) is 0.857. The van der Waals surface area contributed by atoms with E-state index in [1.807, 2.05) is 35.8 Å². The fourth-order valence-electron chi connectivity index (χ4n) is 2.20. The maximum absolute atomic E-state index is 11.8. The fraction of sp³-hybridized carbons (Fsp3) is 0.250. The Labute approximate surface area is 143 Å². The molecule has 0 aliphatic rings. The Morgan fingerprint density at radius 1 is 1.38 bits per heavy atom. The van der Waals surface area contributed by atoms with Crippen molar-refractivity contribution in [1.82, 2.24) is 25.1 Å². The molecule has 0 saturated carbocycles. The van der Waals surface area contributed by atoms with Crippen LogP contribution in [-0.4, -0.2) is 38.0 Å². The molecule has 0 aromatic carbocycles. The number of furan rings is 1. The van der Waals surface area contributed by atoms with Gasteiger partial charge in [0.25, 0.3) is 0 Å². The van der Waals surface area contributed by atoms with Gasteiger partial charge >= 0.3 is 0 Å². The van der Waals surface area contributed by atoms with Crippen LogP contribution >= 0.6 is 11.8 Å². The van der Waals surface area contributed by atoms with Crippen LogP contribution in [0.5, 0.6) is 0 Å². The Hall–Kier alpha value is -2.61. The zero-order valence-corrected chi connectivity index (χ0v) is 14.2. The third-order valence-electron chi connectivity index (χ3n) is 3.43. The van der Waals surface area contributed by atoms with Crippen LogP contribution in [0.3, 0.4) is 0 Å². The Kier molecular flexibility index (Phi) is 4.95. The van der Waals surface area contributed by atoms with Crippen LogP contribution in [-0.2, 0) is 11.3 Å². The van der Waals surface area contributed by atoms with Gasteiger partial charge in [0.15, 0.2) is 11.0 Å². The smallest absolute Gasteiger partial charge is 0.233 e.